The summed E-state index contributed by atoms with van der Waals surface area (Å²) in [7, 11) is 0. The lowest BCUT2D eigenvalue weighted by Crippen LogP contribution is -2.02. The molecule has 2 nitrogen and oxygen atoms in total. The van der Waals surface area contributed by atoms with E-state index in [1.807, 2.05) is 6.92 Å². The van der Waals surface area contributed by atoms with Crippen molar-refractivity contribution in [2.75, 3.05) is 0 Å². The Morgan fingerprint density at radius 3 is 2.53 bits per heavy atom. The Kier molecular flexibility index (Phi) is 2.63. The average molecular weight is 256 g/mol. The van der Waals surface area contributed by atoms with E-state index in [-0.39, 0.29) is 23.3 Å². The number of carbonyl (C=O) groups excluding carboxylic acids is 1. The van der Waals surface area contributed by atoms with Crippen LogP contribution in [0.2, 0.25) is 0 Å². The van der Waals surface area contributed by atoms with Crippen molar-refractivity contribution in [2.45, 2.75) is 13.3 Å². The summed E-state index contributed by atoms with van der Waals surface area (Å²) in [4.78, 5) is 12.0. The number of phenols is 1. The number of Topliss-reactive ketones (excluding diaryl/α,β-unsaturated/α-hetero) is 1. The highest BCUT2D eigenvalue weighted by Crippen LogP contribution is 2.33. The quantitative estimate of drug-likeness (QED) is 0.846. The van der Waals surface area contributed by atoms with Crippen LogP contribution in [0.1, 0.15) is 22.8 Å². The summed E-state index contributed by atoms with van der Waals surface area (Å²) >= 11 is 0. The number of halogens is 1. The summed E-state index contributed by atoms with van der Waals surface area (Å²) in [6, 6.07) is 9.71. The maximum atomic E-state index is 14.1. The molecule has 0 spiro atoms. The van der Waals surface area contributed by atoms with Gasteiger partial charge in [-0.15, -0.1) is 0 Å². The number of fused-ring (bicyclic) bond motifs is 1. The fraction of sp³-hybridized carbons (Fsp3) is 0.188. The van der Waals surface area contributed by atoms with Gasteiger partial charge < -0.3 is 5.11 Å². The van der Waals surface area contributed by atoms with Crippen molar-refractivity contribution in [3.05, 3.63) is 53.3 Å². The molecular weight excluding hydrogens is 243 g/mol. The Morgan fingerprint density at radius 1 is 1.16 bits per heavy atom. The molecule has 0 amide bonds. The van der Waals surface area contributed by atoms with Gasteiger partial charge in [0.1, 0.15) is 11.6 Å². The summed E-state index contributed by atoms with van der Waals surface area (Å²) in [5.41, 5.74) is 2.47. The zero-order valence-electron chi connectivity index (χ0n) is 10.5. The molecule has 96 valence electrons. The maximum Gasteiger partial charge on any atom is 0.166 e. The Hall–Kier alpha value is -2.16. The fourth-order valence-corrected chi connectivity index (χ4v) is 2.55. The highest BCUT2D eigenvalue weighted by atomic mass is 19.1. The van der Waals surface area contributed by atoms with E-state index < -0.39 is 0 Å². The summed E-state index contributed by atoms with van der Waals surface area (Å²) in [6.07, 6.45) is 0.482. The molecule has 2 aromatic rings. The summed E-state index contributed by atoms with van der Waals surface area (Å²) in [5, 5.41) is 9.26. The van der Waals surface area contributed by atoms with Gasteiger partial charge in [0, 0.05) is 11.5 Å². The summed E-state index contributed by atoms with van der Waals surface area (Å²) in [5.74, 6) is -0.289. The summed E-state index contributed by atoms with van der Waals surface area (Å²) < 4.78 is 14.1. The van der Waals surface area contributed by atoms with E-state index >= 15 is 0 Å². The number of phenolic OH excluding ortho intramolecular Hbond substituents is 1. The molecule has 0 radical (unpaired) electrons. The monoisotopic (exact) mass is 256 g/mol. The second-order valence-electron chi connectivity index (χ2n) is 5.00. The van der Waals surface area contributed by atoms with E-state index in [2.05, 4.69) is 0 Å². The second kappa shape index (κ2) is 4.19. The standard InChI is InChI=1S/C16H13FO2/c1-9-6-13-14(16(9)19)7-11(8-15(13)17)10-2-4-12(18)5-3-10/h2-5,7-9,18H,6H2,1H3. The van der Waals surface area contributed by atoms with E-state index in [4.69, 9.17) is 0 Å². The predicted molar refractivity (Wildman–Crippen MR) is 70.7 cm³/mol. The number of hydrogen-bond acceptors (Lipinski definition) is 2. The van der Waals surface area contributed by atoms with E-state index in [0.717, 1.165) is 5.56 Å². The number of benzene rings is 2. The van der Waals surface area contributed by atoms with E-state index in [0.29, 0.717) is 23.1 Å². The molecule has 0 fully saturated rings. The Bertz CT molecular complexity index is 659. The Morgan fingerprint density at radius 2 is 1.84 bits per heavy atom. The lowest BCUT2D eigenvalue weighted by Gasteiger charge is -2.06. The van der Waals surface area contributed by atoms with Crippen LogP contribution in [-0.2, 0) is 6.42 Å². The molecule has 1 N–H and O–H groups in total. The molecule has 1 aliphatic carbocycles. The first-order valence-electron chi connectivity index (χ1n) is 6.22. The smallest absolute Gasteiger partial charge is 0.166 e. The van der Waals surface area contributed by atoms with Gasteiger partial charge in [-0.1, -0.05) is 19.1 Å². The number of rotatable bonds is 1. The number of hydrogen-bond donors (Lipinski definition) is 1. The minimum Gasteiger partial charge on any atom is -0.508 e. The zero-order valence-corrected chi connectivity index (χ0v) is 10.5. The third-order valence-electron chi connectivity index (χ3n) is 3.62. The molecule has 0 heterocycles. The van der Waals surface area contributed by atoms with Gasteiger partial charge in [0.2, 0.25) is 0 Å². The maximum absolute atomic E-state index is 14.1. The van der Waals surface area contributed by atoms with Crippen LogP contribution in [0.3, 0.4) is 0 Å². The van der Waals surface area contributed by atoms with Gasteiger partial charge in [0.05, 0.1) is 0 Å². The number of carbonyl (C=O) groups is 1. The molecule has 3 heteroatoms. The molecule has 1 atom stereocenters. The van der Waals surface area contributed by atoms with Gasteiger partial charge in [-0.25, -0.2) is 4.39 Å². The first kappa shape index (κ1) is 11.9. The first-order chi connectivity index (χ1) is 9.06. The highest BCUT2D eigenvalue weighted by molar-refractivity contribution is 6.03. The molecule has 2 aromatic carbocycles. The molecule has 1 aliphatic rings. The Balaban J connectivity index is 2.13. The van der Waals surface area contributed by atoms with E-state index in [9.17, 15) is 14.3 Å². The third kappa shape index (κ3) is 1.91. The normalized spacial score (nSPS) is 17.6. The number of aromatic hydroxyl groups is 1. The van der Waals surface area contributed by atoms with E-state index in [1.54, 1.807) is 30.3 Å². The molecule has 0 bridgehead atoms. The molecule has 1 unspecified atom stereocenters. The van der Waals surface area contributed by atoms with Crippen LogP contribution in [0.15, 0.2) is 36.4 Å². The van der Waals surface area contributed by atoms with Crippen molar-refractivity contribution in [2.24, 2.45) is 5.92 Å². The average Bonchev–Trinajstić information content (AvgIpc) is 2.68. The van der Waals surface area contributed by atoms with Crippen LogP contribution in [0.25, 0.3) is 11.1 Å². The molecule has 0 aromatic heterocycles. The first-order valence-corrected chi connectivity index (χ1v) is 6.22. The van der Waals surface area contributed by atoms with Crippen LogP contribution in [0, 0.1) is 11.7 Å². The van der Waals surface area contributed by atoms with Crippen molar-refractivity contribution in [1.29, 1.82) is 0 Å². The van der Waals surface area contributed by atoms with Crippen LogP contribution in [0.5, 0.6) is 5.75 Å². The molecule has 0 saturated carbocycles. The lowest BCUT2D eigenvalue weighted by atomic mass is 9.99. The van der Waals surface area contributed by atoms with Gasteiger partial charge in [-0.2, -0.15) is 0 Å². The zero-order chi connectivity index (χ0) is 13.6. The second-order valence-corrected chi connectivity index (χ2v) is 5.00. The molecule has 0 saturated heterocycles. The minimum absolute atomic E-state index is 0.00882. The minimum atomic E-state index is -0.321. The van der Waals surface area contributed by atoms with Gasteiger partial charge in [-0.05, 0) is 47.4 Å². The molecule has 19 heavy (non-hydrogen) atoms. The van der Waals surface area contributed by atoms with Crippen molar-refractivity contribution < 1.29 is 14.3 Å². The van der Waals surface area contributed by atoms with Gasteiger partial charge >= 0.3 is 0 Å². The molecule has 3 rings (SSSR count). The summed E-state index contributed by atoms with van der Waals surface area (Å²) in [6.45, 7) is 1.82. The highest BCUT2D eigenvalue weighted by Gasteiger charge is 2.29. The van der Waals surface area contributed by atoms with Crippen LogP contribution in [-0.4, -0.2) is 10.9 Å². The molecular formula is C16H13FO2. The van der Waals surface area contributed by atoms with Crippen LogP contribution in [0.4, 0.5) is 4.39 Å². The van der Waals surface area contributed by atoms with Crippen LogP contribution < -0.4 is 0 Å². The molecule has 0 aliphatic heterocycles. The topological polar surface area (TPSA) is 37.3 Å². The van der Waals surface area contributed by atoms with Gasteiger partial charge in [-0.3, -0.25) is 4.79 Å². The van der Waals surface area contributed by atoms with Crippen molar-refractivity contribution in [3.8, 4) is 16.9 Å². The van der Waals surface area contributed by atoms with Crippen molar-refractivity contribution in [3.63, 3.8) is 0 Å². The Labute approximate surface area is 110 Å². The largest absolute Gasteiger partial charge is 0.508 e. The van der Waals surface area contributed by atoms with Crippen molar-refractivity contribution in [1.82, 2.24) is 0 Å². The third-order valence-corrected chi connectivity index (χ3v) is 3.62. The van der Waals surface area contributed by atoms with Crippen LogP contribution >= 0.6 is 0 Å². The van der Waals surface area contributed by atoms with Gasteiger partial charge in [0.25, 0.3) is 0 Å². The predicted octanol–water partition coefficient (Wildman–Crippen LogP) is 3.57. The lowest BCUT2D eigenvalue weighted by molar-refractivity contribution is 0.0946. The van der Waals surface area contributed by atoms with Crippen molar-refractivity contribution >= 4 is 5.78 Å². The SMILES string of the molecule is CC1Cc2c(F)cc(-c3ccc(O)cc3)cc2C1=O. The number of ketones is 1. The van der Waals surface area contributed by atoms with E-state index in [1.165, 1.54) is 6.07 Å². The fourth-order valence-electron chi connectivity index (χ4n) is 2.55. The van der Waals surface area contributed by atoms with Gasteiger partial charge in [0.15, 0.2) is 5.78 Å².